The number of nitrogens with zero attached hydrogens (tertiary/aromatic N) is 2. The van der Waals surface area contributed by atoms with Gasteiger partial charge in [0.1, 0.15) is 0 Å². The van der Waals surface area contributed by atoms with Crippen molar-refractivity contribution in [1.82, 2.24) is 9.88 Å². The number of carbonyl (C=O) groups excluding carboxylic acids is 1. The van der Waals surface area contributed by atoms with Crippen LogP contribution < -0.4 is 0 Å². The highest BCUT2D eigenvalue weighted by Crippen LogP contribution is 2.30. The van der Waals surface area contributed by atoms with E-state index in [0.717, 1.165) is 59.2 Å². The van der Waals surface area contributed by atoms with Crippen LogP contribution in [-0.4, -0.2) is 28.9 Å². The number of fused-ring (bicyclic) bond motifs is 1. The maximum absolute atomic E-state index is 14.0. The molecule has 32 heavy (non-hydrogen) atoms. The van der Waals surface area contributed by atoms with Crippen LogP contribution in [0.5, 0.6) is 0 Å². The van der Waals surface area contributed by atoms with Crippen LogP contribution in [0.1, 0.15) is 81.1 Å². The van der Waals surface area contributed by atoms with Gasteiger partial charge < -0.3 is 4.90 Å². The molecule has 2 aromatic carbocycles. The molecule has 0 aliphatic rings. The second-order valence-corrected chi connectivity index (χ2v) is 8.76. The van der Waals surface area contributed by atoms with Gasteiger partial charge in [0.2, 0.25) is 0 Å². The monoisotopic (exact) mass is 430 g/mol. The number of benzene rings is 2. The van der Waals surface area contributed by atoms with Crippen LogP contribution in [0.15, 0.2) is 54.6 Å². The van der Waals surface area contributed by atoms with Crippen molar-refractivity contribution < 1.29 is 4.79 Å². The maximum Gasteiger partial charge on any atom is 0.254 e. The Kier molecular flexibility index (Phi) is 9.27. The molecule has 0 fully saturated rings. The standard InChI is InChI=1S/C29H38N2O/c1-4-6-8-15-21-31(22-16-9-7-5-2)29(32)27-23(3)28(24-17-11-10-12-18-24)30-26-20-14-13-19-25(26)27/h10-14,17-20H,4-9,15-16,21-22H2,1-3H3. The van der Waals surface area contributed by atoms with Gasteiger partial charge >= 0.3 is 0 Å². The number of hydrogen-bond acceptors (Lipinski definition) is 2. The first kappa shape index (κ1) is 24.0. The molecule has 0 bridgehead atoms. The molecule has 3 aromatic rings. The third-order valence-electron chi connectivity index (χ3n) is 6.25. The lowest BCUT2D eigenvalue weighted by atomic mass is 9.96. The molecule has 3 rings (SSSR count). The molecule has 0 aliphatic carbocycles. The van der Waals surface area contributed by atoms with Crippen LogP contribution in [0.2, 0.25) is 0 Å². The van der Waals surface area contributed by atoms with E-state index in [-0.39, 0.29) is 5.91 Å². The molecule has 0 N–H and O–H groups in total. The minimum absolute atomic E-state index is 0.159. The summed E-state index contributed by atoms with van der Waals surface area (Å²) >= 11 is 0. The SMILES string of the molecule is CCCCCCN(CCCCCC)C(=O)c1c(C)c(-c2ccccc2)nc2ccccc12. The topological polar surface area (TPSA) is 33.2 Å². The Morgan fingerprint density at radius 1 is 0.781 bits per heavy atom. The summed E-state index contributed by atoms with van der Waals surface area (Å²) in [7, 11) is 0. The van der Waals surface area contributed by atoms with Crippen LogP contribution in [0.3, 0.4) is 0 Å². The van der Waals surface area contributed by atoms with Crippen molar-refractivity contribution in [3.8, 4) is 11.3 Å². The number of rotatable bonds is 12. The lowest BCUT2D eigenvalue weighted by Gasteiger charge is -2.25. The van der Waals surface area contributed by atoms with Crippen LogP contribution in [0, 0.1) is 6.92 Å². The average Bonchev–Trinajstić information content (AvgIpc) is 2.83. The van der Waals surface area contributed by atoms with Gasteiger partial charge in [0, 0.05) is 24.0 Å². The van der Waals surface area contributed by atoms with Crippen LogP contribution in [-0.2, 0) is 0 Å². The van der Waals surface area contributed by atoms with E-state index in [0.29, 0.717) is 0 Å². The van der Waals surface area contributed by atoms with E-state index in [1.54, 1.807) is 0 Å². The molecule has 3 nitrogen and oxygen atoms in total. The first-order valence-electron chi connectivity index (χ1n) is 12.4. The van der Waals surface area contributed by atoms with Crippen molar-refractivity contribution in [2.45, 2.75) is 72.1 Å². The molecular weight excluding hydrogens is 392 g/mol. The predicted molar refractivity (Wildman–Crippen MR) is 136 cm³/mol. The van der Waals surface area contributed by atoms with Gasteiger partial charge in [0.05, 0.1) is 16.8 Å². The van der Waals surface area contributed by atoms with Crippen molar-refractivity contribution in [2.24, 2.45) is 0 Å². The molecule has 3 heteroatoms. The van der Waals surface area contributed by atoms with E-state index in [1.807, 2.05) is 42.5 Å². The summed E-state index contributed by atoms with van der Waals surface area (Å²) in [6.07, 6.45) is 9.38. The molecule has 0 atom stereocenters. The quantitative estimate of drug-likeness (QED) is 0.274. The number of unbranched alkanes of at least 4 members (excludes halogenated alkanes) is 6. The smallest absolute Gasteiger partial charge is 0.254 e. The van der Waals surface area contributed by atoms with Crippen molar-refractivity contribution >= 4 is 16.8 Å². The second kappa shape index (κ2) is 12.4. The summed E-state index contributed by atoms with van der Waals surface area (Å²) in [5.41, 5.74) is 4.65. The summed E-state index contributed by atoms with van der Waals surface area (Å²) in [4.78, 5) is 21.0. The third kappa shape index (κ3) is 5.97. The Morgan fingerprint density at radius 2 is 1.38 bits per heavy atom. The minimum atomic E-state index is 0.159. The Hall–Kier alpha value is -2.68. The van der Waals surface area contributed by atoms with E-state index < -0.39 is 0 Å². The molecule has 0 radical (unpaired) electrons. The molecule has 170 valence electrons. The summed E-state index contributed by atoms with van der Waals surface area (Å²) in [6.45, 7) is 8.18. The van der Waals surface area contributed by atoms with Crippen LogP contribution >= 0.6 is 0 Å². The molecule has 0 unspecified atom stereocenters. The highest BCUT2D eigenvalue weighted by molar-refractivity contribution is 6.08. The van der Waals surface area contributed by atoms with Crippen LogP contribution in [0.25, 0.3) is 22.2 Å². The summed E-state index contributed by atoms with van der Waals surface area (Å²) in [6, 6.07) is 18.3. The fraction of sp³-hybridized carbons (Fsp3) is 0.448. The summed E-state index contributed by atoms with van der Waals surface area (Å²) in [5.74, 6) is 0.159. The zero-order chi connectivity index (χ0) is 22.8. The molecule has 0 aliphatic heterocycles. The van der Waals surface area contributed by atoms with Crippen molar-refractivity contribution in [3.63, 3.8) is 0 Å². The number of carbonyl (C=O) groups is 1. The molecular formula is C29H38N2O. The van der Waals surface area contributed by atoms with Crippen molar-refractivity contribution in [1.29, 1.82) is 0 Å². The zero-order valence-electron chi connectivity index (χ0n) is 20.1. The highest BCUT2D eigenvalue weighted by atomic mass is 16.2. The van der Waals surface area contributed by atoms with Gasteiger partial charge in [-0.05, 0) is 31.4 Å². The van der Waals surface area contributed by atoms with Gasteiger partial charge in [-0.3, -0.25) is 4.79 Å². The fourth-order valence-electron chi connectivity index (χ4n) is 4.39. The van der Waals surface area contributed by atoms with E-state index >= 15 is 0 Å². The van der Waals surface area contributed by atoms with E-state index in [1.165, 1.54) is 38.5 Å². The number of hydrogen-bond donors (Lipinski definition) is 0. The Morgan fingerprint density at radius 3 is 2.00 bits per heavy atom. The number of pyridine rings is 1. The second-order valence-electron chi connectivity index (χ2n) is 8.76. The zero-order valence-corrected chi connectivity index (χ0v) is 20.1. The summed E-state index contributed by atoms with van der Waals surface area (Å²) in [5, 5.41) is 0.960. The molecule has 0 saturated carbocycles. The molecule has 0 spiro atoms. The van der Waals surface area contributed by atoms with Gasteiger partial charge in [-0.25, -0.2) is 4.98 Å². The first-order valence-corrected chi connectivity index (χ1v) is 12.4. The van der Waals surface area contributed by atoms with Crippen LogP contribution in [0.4, 0.5) is 0 Å². The molecule has 1 aromatic heterocycles. The summed E-state index contributed by atoms with van der Waals surface area (Å²) < 4.78 is 0. The highest BCUT2D eigenvalue weighted by Gasteiger charge is 2.23. The largest absolute Gasteiger partial charge is 0.339 e. The fourth-order valence-corrected chi connectivity index (χ4v) is 4.39. The van der Waals surface area contributed by atoms with Crippen molar-refractivity contribution in [3.05, 3.63) is 65.7 Å². The lowest BCUT2D eigenvalue weighted by Crippen LogP contribution is -2.34. The van der Waals surface area contributed by atoms with Crippen molar-refractivity contribution in [2.75, 3.05) is 13.1 Å². The van der Waals surface area contributed by atoms with E-state index in [9.17, 15) is 4.79 Å². The van der Waals surface area contributed by atoms with Gasteiger partial charge in [-0.15, -0.1) is 0 Å². The number of para-hydroxylation sites is 1. The predicted octanol–water partition coefficient (Wildman–Crippen LogP) is 7.81. The third-order valence-corrected chi connectivity index (χ3v) is 6.25. The van der Waals surface area contributed by atoms with E-state index in [2.05, 4.69) is 37.8 Å². The average molecular weight is 431 g/mol. The first-order chi connectivity index (χ1) is 15.7. The molecule has 1 heterocycles. The van der Waals surface area contributed by atoms with Gasteiger partial charge in [0.15, 0.2) is 0 Å². The van der Waals surface area contributed by atoms with Gasteiger partial charge in [-0.1, -0.05) is 101 Å². The molecule has 1 amide bonds. The number of amides is 1. The Labute approximate surface area is 193 Å². The Balaban J connectivity index is 1.99. The minimum Gasteiger partial charge on any atom is -0.339 e. The lowest BCUT2D eigenvalue weighted by molar-refractivity contribution is 0.0750. The normalized spacial score (nSPS) is 11.1. The molecule has 0 saturated heterocycles. The number of aromatic nitrogens is 1. The maximum atomic E-state index is 14.0. The van der Waals surface area contributed by atoms with E-state index in [4.69, 9.17) is 4.98 Å². The van der Waals surface area contributed by atoms with Gasteiger partial charge in [-0.2, -0.15) is 0 Å². The van der Waals surface area contributed by atoms with Gasteiger partial charge in [0.25, 0.3) is 5.91 Å². The Bertz CT molecular complexity index is 985.